The van der Waals surface area contributed by atoms with Crippen molar-refractivity contribution in [3.05, 3.63) is 29.8 Å². The lowest BCUT2D eigenvalue weighted by atomic mass is 9.95. The number of nitrogens with two attached hydrogens (primary N) is 1. The van der Waals surface area contributed by atoms with Gasteiger partial charge in [0.25, 0.3) is 0 Å². The lowest BCUT2D eigenvalue weighted by Crippen LogP contribution is -2.44. The minimum Gasteiger partial charge on any atom is -0.369 e. The molecule has 0 amide bonds. The van der Waals surface area contributed by atoms with Gasteiger partial charge in [-0.3, -0.25) is 0 Å². The number of benzene rings is 1. The maximum absolute atomic E-state index is 6.08. The van der Waals surface area contributed by atoms with E-state index in [1.165, 1.54) is 11.3 Å². The predicted molar refractivity (Wildman–Crippen MR) is 73.4 cm³/mol. The second-order valence-electron chi connectivity index (χ2n) is 5.56. The Bertz CT molecular complexity index is 356. The Hall–Kier alpha value is -1.06. The molecule has 3 heteroatoms. The normalized spacial score (nSPS) is 18.5. The fraction of sp³-hybridized carbons (Fsp3) is 0.571. The molecular weight excluding hydrogens is 210 g/mol. The highest BCUT2D eigenvalue weighted by Gasteiger charge is 2.16. The second-order valence-corrected chi connectivity index (χ2v) is 5.56. The van der Waals surface area contributed by atoms with E-state index in [4.69, 9.17) is 5.73 Å². The third-order valence-electron chi connectivity index (χ3n) is 3.48. The van der Waals surface area contributed by atoms with Crippen LogP contribution in [0, 0.1) is 0 Å². The minimum atomic E-state index is -0.249. The van der Waals surface area contributed by atoms with Crippen LogP contribution in [0.5, 0.6) is 0 Å². The highest BCUT2D eigenvalue weighted by molar-refractivity contribution is 5.48. The quantitative estimate of drug-likeness (QED) is 0.843. The van der Waals surface area contributed by atoms with Crippen LogP contribution in [0.25, 0.3) is 0 Å². The Balaban J connectivity index is 2.08. The molecule has 0 unspecified atom stereocenters. The summed E-state index contributed by atoms with van der Waals surface area (Å²) in [4.78, 5) is 4.81. The first-order valence-electron chi connectivity index (χ1n) is 6.30. The van der Waals surface area contributed by atoms with Gasteiger partial charge in [0.05, 0.1) is 0 Å². The van der Waals surface area contributed by atoms with Crippen LogP contribution in [0.2, 0.25) is 0 Å². The van der Waals surface area contributed by atoms with Crippen molar-refractivity contribution in [3.8, 4) is 0 Å². The molecule has 1 aromatic carbocycles. The number of piperazine rings is 1. The van der Waals surface area contributed by atoms with Crippen molar-refractivity contribution in [1.29, 1.82) is 0 Å². The molecule has 1 saturated heterocycles. The summed E-state index contributed by atoms with van der Waals surface area (Å²) in [5, 5.41) is 0. The summed E-state index contributed by atoms with van der Waals surface area (Å²) in [7, 11) is 2.18. The van der Waals surface area contributed by atoms with E-state index in [1.807, 2.05) is 13.8 Å². The Morgan fingerprint density at radius 1 is 1.00 bits per heavy atom. The van der Waals surface area contributed by atoms with Crippen LogP contribution < -0.4 is 10.6 Å². The van der Waals surface area contributed by atoms with E-state index in [9.17, 15) is 0 Å². The maximum Gasteiger partial charge on any atom is 0.0367 e. The molecule has 0 atom stereocenters. The van der Waals surface area contributed by atoms with E-state index in [0.717, 1.165) is 26.2 Å². The number of rotatable bonds is 2. The molecule has 0 radical (unpaired) electrons. The molecule has 0 aromatic heterocycles. The molecule has 1 aliphatic heterocycles. The molecule has 3 nitrogen and oxygen atoms in total. The molecule has 17 heavy (non-hydrogen) atoms. The van der Waals surface area contributed by atoms with Crippen LogP contribution in [0.15, 0.2) is 24.3 Å². The van der Waals surface area contributed by atoms with Crippen molar-refractivity contribution < 1.29 is 0 Å². The first-order valence-corrected chi connectivity index (χ1v) is 6.30. The third-order valence-corrected chi connectivity index (χ3v) is 3.48. The zero-order valence-corrected chi connectivity index (χ0v) is 11.1. The summed E-state index contributed by atoms with van der Waals surface area (Å²) in [6.07, 6.45) is 0. The van der Waals surface area contributed by atoms with Gasteiger partial charge in [-0.05, 0) is 38.6 Å². The molecule has 1 fully saturated rings. The maximum atomic E-state index is 6.08. The smallest absolute Gasteiger partial charge is 0.0367 e. The van der Waals surface area contributed by atoms with Gasteiger partial charge < -0.3 is 15.5 Å². The standard InChI is InChI=1S/C14H23N3/c1-14(2,15)12-4-6-13(7-5-12)17-10-8-16(3)9-11-17/h4-7H,8-11,15H2,1-3H3. The van der Waals surface area contributed by atoms with Crippen molar-refractivity contribution in [3.63, 3.8) is 0 Å². The van der Waals surface area contributed by atoms with Crippen LogP contribution in [0.4, 0.5) is 5.69 Å². The fourth-order valence-corrected chi connectivity index (χ4v) is 2.17. The average molecular weight is 233 g/mol. The highest BCUT2D eigenvalue weighted by Crippen LogP contribution is 2.22. The Morgan fingerprint density at radius 2 is 1.53 bits per heavy atom. The van der Waals surface area contributed by atoms with E-state index >= 15 is 0 Å². The van der Waals surface area contributed by atoms with Crippen LogP contribution in [0.3, 0.4) is 0 Å². The number of nitrogens with zero attached hydrogens (tertiary/aromatic N) is 2. The van der Waals surface area contributed by atoms with Gasteiger partial charge >= 0.3 is 0 Å². The Morgan fingerprint density at radius 3 is 2.00 bits per heavy atom. The SMILES string of the molecule is CN1CCN(c2ccc(C(C)(C)N)cc2)CC1. The summed E-state index contributed by atoms with van der Waals surface area (Å²) in [5.74, 6) is 0. The molecule has 94 valence electrons. The van der Waals surface area contributed by atoms with Gasteiger partial charge in [-0.25, -0.2) is 0 Å². The summed E-state index contributed by atoms with van der Waals surface area (Å²) >= 11 is 0. The number of hydrogen-bond acceptors (Lipinski definition) is 3. The molecule has 0 aliphatic carbocycles. The van der Waals surface area contributed by atoms with Crippen LogP contribution in [0.1, 0.15) is 19.4 Å². The van der Waals surface area contributed by atoms with E-state index < -0.39 is 0 Å². The summed E-state index contributed by atoms with van der Waals surface area (Å²) in [6.45, 7) is 8.59. The zero-order valence-electron chi connectivity index (χ0n) is 11.1. The molecule has 0 saturated carbocycles. The van der Waals surface area contributed by atoms with Gasteiger partial charge in [0.1, 0.15) is 0 Å². The summed E-state index contributed by atoms with van der Waals surface area (Å²) in [5.41, 5.74) is 8.34. The van der Waals surface area contributed by atoms with E-state index in [0.29, 0.717) is 0 Å². The molecule has 1 aliphatic rings. The topological polar surface area (TPSA) is 32.5 Å². The van der Waals surface area contributed by atoms with E-state index in [1.54, 1.807) is 0 Å². The van der Waals surface area contributed by atoms with Gasteiger partial charge in [0.2, 0.25) is 0 Å². The molecule has 2 N–H and O–H groups in total. The minimum absolute atomic E-state index is 0.249. The van der Waals surface area contributed by atoms with Gasteiger partial charge in [0.15, 0.2) is 0 Å². The Labute approximate surface area is 104 Å². The van der Waals surface area contributed by atoms with Gasteiger partial charge in [0, 0.05) is 37.4 Å². The third kappa shape index (κ3) is 2.99. The van der Waals surface area contributed by atoms with Crippen molar-refractivity contribution in [1.82, 2.24) is 4.90 Å². The van der Waals surface area contributed by atoms with Crippen molar-refractivity contribution in [2.45, 2.75) is 19.4 Å². The van der Waals surface area contributed by atoms with Crippen LogP contribution >= 0.6 is 0 Å². The molecule has 1 heterocycles. The van der Waals surface area contributed by atoms with Crippen LogP contribution in [-0.2, 0) is 5.54 Å². The number of likely N-dealkylation sites (N-methyl/N-ethyl adjacent to an activating group) is 1. The van der Waals surface area contributed by atoms with Crippen molar-refractivity contribution >= 4 is 5.69 Å². The summed E-state index contributed by atoms with van der Waals surface area (Å²) in [6, 6.07) is 8.67. The zero-order chi connectivity index (χ0) is 12.5. The number of anilines is 1. The lowest BCUT2D eigenvalue weighted by Gasteiger charge is -2.34. The monoisotopic (exact) mass is 233 g/mol. The van der Waals surface area contributed by atoms with Crippen molar-refractivity contribution in [2.75, 3.05) is 38.1 Å². The second kappa shape index (κ2) is 4.67. The van der Waals surface area contributed by atoms with Crippen LogP contribution in [-0.4, -0.2) is 38.1 Å². The first kappa shape index (κ1) is 12.4. The first-order chi connectivity index (χ1) is 7.97. The number of hydrogen-bond donors (Lipinski definition) is 1. The molecular formula is C14H23N3. The lowest BCUT2D eigenvalue weighted by molar-refractivity contribution is 0.313. The Kier molecular flexibility index (Phi) is 3.40. The van der Waals surface area contributed by atoms with E-state index in [2.05, 4.69) is 41.1 Å². The van der Waals surface area contributed by atoms with Crippen molar-refractivity contribution in [2.24, 2.45) is 5.73 Å². The molecule has 2 rings (SSSR count). The van der Waals surface area contributed by atoms with Gasteiger partial charge in [-0.2, -0.15) is 0 Å². The highest BCUT2D eigenvalue weighted by atomic mass is 15.2. The molecule has 0 spiro atoms. The fourth-order valence-electron chi connectivity index (χ4n) is 2.17. The molecule has 0 bridgehead atoms. The average Bonchev–Trinajstić information content (AvgIpc) is 2.29. The summed E-state index contributed by atoms with van der Waals surface area (Å²) < 4.78 is 0. The van der Waals surface area contributed by atoms with Gasteiger partial charge in [-0.15, -0.1) is 0 Å². The predicted octanol–water partition coefficient (Wildman–Crippen LogP) is 1.63. The molecule has 1 aromatic rings. The largest absolute Gasteiger partial charge is 0.369 e. The van der Waals surface area contributed by atoms with Gasteiger partial charge in [-0.1, -0.05) is 12.1 Å². The van der Waals surface area contributed by atoms with E-state index in [-0.39, 0.29) is 5.54 Å².